The molecule has 4 heterocycles. The Bertz CT molecular complexity index is 1600. The smallest absolute Gasteiger partial charge is 0.251 e. The van der Waals surface area contributed by atoms with Crippen LogP contribution in [0.5, 0.6) is 0 Å². The second-order valence-corrected chi connectivity index (χ2v) is 11.5. The lowest BCUT2D eigenvalue weighted by Crippen LogP contribution is -2.46. The Kier molecular flexibility index (Phi) is 9.30. The van der Waals surface area contributed by atoms with Crippen molar-refractivity contribution in [2.45, 2.75) is 39.5 Å². The van der Waals surface area contributed by atoms with Crippen LogP contribution in [0.3, 0.4) is 0 Å². The lowest BCUT2D eigenvalue weighted by atomic mass is 10.1. The lowest BCUT2D eigenvalue weighted by Gasteiger charge is -2.37. The number of hydrogen-bond acceptors (Lipinski definition) is 9. The molecule has 10 nitrogen and oxygen atoms in total. The maximum absolute atomic E-state index is 13.0. The van der Waals surface area contributed by atoms with Crippen LogP contribution in [0.2, 0.25) is 0 Å². The summed E-state index contributed by atoms with van der Waals surface area (Å²) in [4.78, 5) is 32.5. The van der Waals surface area contributed by atoms with E-state index in [2.05, 4.69) is 60.2 Å². The average Bonchev–Trinajstić information content (AvgIpc) is 3.05. The average molecular weight is 597 g/mol. The molecule has 10 heteroatoms. The first-order valence-electron chi connectivity index (χ1n) is 15.4. The minimum atomic E-state index is -0.152. The Morgan fingerprint density at radius 3 is 2.43 bits per heavy atom. The van der Waals surface area contributed by atoms with Gasteiger partial charge in [0.05, 0.1) is 62.8 Å². The van der Waals surface area contributed by atoms with Gasteiger partial charge in [-0.2, -0.15) is 9.97 Å². The Balaban J connectivity index is 1.21. The number of nitrogens with one attached hydrogen (secondary N) is 1. The van der Waals surface area contributed by atoms with Gasteiger partial charge in [-0.3, -0.25) is 4.79 Å². The number of hydrogen-bond donors (Lipinski definition) is 1. The third-order valence-corrected chi connectivity index (χ3v) is 8.13. The number of carbonyl (C=O) groups is 1. The molecule has 0 radical (unpaired) electrons. The summed E-state index contributed by atoms with van der Waals surface area (Å²) < 4.78 is 17.1. The molecule has 0 unspecified atom stereocenters. The molecule has 2 fully saturated rings. The number of carbonyl (C=O) groups excluding carboxylic acids is 1. The van der Waals surface area contributed by atoms with Crippen molar-refractivity contribution < 1.29 is 19.0 Å². The number of fused-ring (bicyclic) bond motifs is 1. The number of ether oxygens (including phenoxy) is 3. The van der Waals surface area contributed by atoms with Crippen molar-refractivity contribution in [2.24, 2.45) is 0 Å². The standard InChI is InChI=1S/C34H40N6O4/c1-23-7-9-26(10-8-23)22-42-16-13-35-33(41)28-6-4-5-27(19-28)30-12-11-29-31(36-30)37-34(40-15-18-44-21-25(40)3)38-32(29)39-14-17-43-20-24(39)2/h4-12,19,24-25H,13-18,20-22H2,1-3H3,(H,35,41)/t24-,25-/m1/s1. The summed E-state index contributed by atoms with van der Waals surface area (Å²) in [5, 5.41) is 3.86. The number of aromatic nitrogens is 3. The summed E-state index contributed by atoms with van der Waals surface area (Å²) in [6, 6.07) is 20.1. The lowest BCUT2D eigenvalue weighted by molar-refractivity contribution is 0.0901. The fourth-order valence-electron chi connectivity index (χ4n) is 5.59. The van der Waals surface area contributed by atoms with E-state index < -0.39 is 0 Å². The molecule has 0 aliphatic carbocycles. The van der Waals surface area contributed by atoms with Crippen molar-refractivity contribution in [3.05, 3.63) is 77.4 Å². The summed E-state index contributed by atoms with van der Waals surface area (Å²) in [6.45, 7) is 11.7. The molecule has 6 rings (SSSR count). The molecule has 2 aliphatic heterocycles. The molecule has 44 heavy (non-hydrogen) atoms. The van der Waals surface area contributed by atoms with Crippen molar-refractivity contribution in [1.29, 1.82) is 0 Å². The van der Waals surface area contributed by atoms with Crippen molar-refractivity contribution in [3.8, 4) is 11.3 Å². The van der Waals surface area contributed by atoms with Gasteiger partial charge < -0.3 is 29.3 Å². The fraction of sp³-hybridized carbons (Fsp3) is 0.412. The number of amides is 1. The second-order valence-electron chi connectivity index (χ2n) is 11.5. The number of pyridine rings is 1. The highest BCUT2D eigenvalue weighted by Gasteiger charge is 2.27. The Labute approximate surface area is 258 Å². The molecular formula is C34H40N6O4. The van der Waals surface area contributed by atoms with Crippen LogP contribution in [0.25, 0.3) is 22.3 Å². The van der Waals surface area contributed by atoms with Gasteiger partial charge in [0.25, 0.3) is 5.91 Å². The van der Waals surface area contributed by atoms with E-state index in [-0.39, 0.29) is 18.0 Å². The predicted octanol–water partition coefficient (Wildman–Crippen LogP) is 4.40. The number of rotatable bonds is 9. The summed E-state index contributed by atoms with van der Waals surface area (Å²) in [5.74, 6) is 1.38. The highest BCUT2D eigenvalue weighted by atomic mass is 16.5. The predicted molar refractivity (Wildman–Crippen MR) is 171 cm³/mol. The van der Waals surface area contributed by atoms with Gasteiger partial charge in [0.15, 0.2) is 5.65 Å². The quantitative estimate of drug-likeness (QED) is 0.282. The SMILES string of the molecule is Cc1ccc(COCCNC(=O)c2cccc(-c3ccc4c(N5CCOC[C@H]5C)nc(N5CCOC[C@H]5C)nc4n3)c2)cc1. The monoisotopic (exact) mass is 596 g/mol. The van der Waals surface area contributed by atoms with E-state index in [1.807, 2.05) is 36.4 Å². The van der Waals surface area contributed by atoms with Crippen molar-refractivity contribution in [3.63, 3.8) is 0 Å². The van der Waals surface area contributed by atoms with E-state index in [4.69, 9.17) is 29.2 Å². The van der Waals surface area contributed by atoms with Gasteiger partial charge in [0.1, 0.15) is 5.82 Å². The highest BCUT2D eigenvalue weighted by molar-refractivity contribution is 5.96. The Morgan fingerprint density at radius 1 is 0.932 bits per heavy atom. The third kappa shape index (κ3) is 6.83. The highest BCUT2D eigenvalue weighted by Crippen LogP contribution is 2.31. The molecule has 2 aromatic carbocycles. The Morgan fingerprint density at radius 2 is 1.68 bits per heavy atom. The topological polar surface area (TPSA) is 102 Å². The van der Waals surface area contributed by atoms with Crippen LogP contribution < -0.4 is 15.1 Å². The van der Waals surface area contributed by atoms with Crippen LogP contribution in [-0.4, -0.2) is 85.6 Å². The molecule has 2 saturated heterocycles. The minimum absolute atomic E-state index is 0.152. The van der Waals surface area contributed by atoms with E-state index in [1.165, 1.54) is 5.56 Å². The van der Waals surface area contributed by atoms with Crippen LogP contribution in [0.15, 0.2) is 60.7 Å². The maximum Gasteiger partial charge on any atom is 0.251 e. The van der Waals surface area contributed by atoms with E-state index in [0.717, 1.165) is 41.1 Å². The summed E-state index contributed by atoms with van der Waals surface area (Å²) in [5.41, 5.74) is 5.11. The molecular weight excluding hydrogens is 556 g/mol. The number of aryl methyl sites for hydroxylation is 1. The zero-order valence-electron chi connectivity index (χ0n) is 25.7. The molecule has 230 valence electrons. The summed E-state index contributed by atoms with van der Waals surface area (Å²) in [7, 11) is 0. The third-order valence-electron chi connectivity index (χ3n) is 8.13. The number of benzene rings is 2. The maximum atomic E-state index is 13.0. The van der Waals surface area contributed by atoms with Crippen LogP contribution >= 0.6 is 0 Å². The number of morpholine rings is 2. The second kappa shape index (κ2) is 13.7. The van der Waals surface area contributed by atoms with Gasteiger partial charge in [0, 0.05) is 30.8 Å². The van der Waals surface area contributed by atoms with Crippen molar-refractivity contribution in [2.75, 3.05) is 62.5 Å². The van der Waals surface area contributed by atoms with Crippen molar-refractivity contribution >= 4 is 28.7 Å². The zero-order chi connectivity index (χ0) is 30.5. The van der Waals surface area contributed by atoms with Crippen LogP contribution in [-0.2, 0) is 20.8 Å². The normalized spacial score (nSPS) is 18.9. The first-order valence-corrected chi connectivity index (χ1v) is 15.4. The molecule has 2 aliphatic rings. The molecule has 2 aromatic heterocycles. The van der Waals surface area contributed by atoms with Crippen LogP contribution in [0, 0.1) is 6.92 Å². The van der Waals surface area contributed by atoms with Gasteiger partial charge >= 0.3 is 0 Å². The van der Waals surface area contributed by atoms with E-state index in [9.17, 15) is 4.79 Å². The van der Waals surface area contributed by atoms with E-state index in [1.54, 1.807) is 0 Å². The van der Waals surface area contributed by atoms with Crippen LogP contribution in [0.4, 0.5) is 11.8 Å². The van der Waals surface area contributed by atoms with Gasteiger partial charge in [-0.25, -0.2) is 4.98 Å². The van der Waals surface area contributed by atoms with Gasteiger partial charge in [-0.15, -0.1) is 0 Å². The molecule has 0 saturated carbocycles. The molecule has 1 amide bonds. The molecule has 1 N–H and O–H groups in total. The minimum Gasteiger partial charge on any atom is -0.377 e. The fourth-order valence-corrected chi connectivity index (χ4v) is 5.59. The molecule has 0 spiro atoms. The molecule has 4 aromatic rings. The van der Waals surface area contributed by atoms with E-state index >= 15 is 0 Å². The summed E-state index contributed by atoms with van der Waals surface area (Å²) in [6.07, 6.45) is 0. The number of nitrogens with zero attached hydrogens (tertiary/aromatic N) is 5. The van der Waals surface area contributed by atoms with E-state index in [0.29, 0.717) is 63.3 Å². The number of anilines is 2. The summed E-state index contributed by atoms with van der Waals surface area (Å²) >= 11 is 0. The zero-order valence-corrected chi connectivity index (χ0v) is 25.7. The van der Waals surface area contributed by atoms with Gasteiger partial charge in [-0.1, -0.05) is 42.0 Å². The van der Waals surface area contributed by atoms with Crippen LogP contribution in [0.1, 0.15) is 35.3 Å². The molecule has 2 atom stereocenters. The first-order chi connectivity index (χ1) is 21.5. The van der Waals surface area contributed by atoms with Gasteiger partial charge in [-0.05, 0) is 50.6 Å². The van der Waals surface area contributed by atoms with Crippen molar-refractivity contribution in [1.82, 2.24) is 20.3 Å². The first kappa shape index (κ1) is 29.9. The van der Waals surface area contributed by atoms with Gasteiger partial charge in [0.2, 0.25) is 5.95 Å². The molecule has 0 bridgehead atoms. The Hall–Kier alpha value is -4.12. The largest absolute Gasteiger partial charge is 0.377 e.